The zero-order valence-corrected chi connectivity index (χ0v) is 13.0. The maximum Gasteiger partial charge on any atom is 0.243 e. The van der Waals surface area contributed by atoms with Gasteiger partial charge >= 0.3 is 0 Å². The van der Waals surface area contributed by atoms with Gasteiger partial charge in [-0.15, -0.1) is 0 Å². The highest BCUT2D eigenvalue weighted by molar-refractivity contribution is 7.89. The maximum atomic E-state index is 11.9. The minimum absolute atomic E-state index is 0.00800. The number of rotatable bonds is 5. The van der Waals surface area contributed by atoms with Gasteiger partial charge in [0.2, 0.25) is 15.9 Å². The molecule has 0 unspecified atom stereocenters. The van der Waals surface area contributed by atoms with E-state index >= 15 is 0 Å². The molecule has 21 heavy (non-hydrogen) atoms. The van der Waals surface area contributed by atoms with Crippen molar-refractivity contribution in [1.82, 2.24) is 9.78 Å². The van der Waals surface area contributed by atoms with Gasteiger partial charge in [0.15, 0.2) is 5.82 Å². The maximum absolute atomic E-state index is 11.9. The van der Waals surface area contributed by atoms with Crippen LogP contribution in [-0.2, 0) is 21.9 Å². The average Bonchev–Trinajstić information content (AvgIpc) is 2.78. The van der Waals surface area contributed by atoms with Crippen LogP contribution in [0.3, 0.4) is 0 Å². The summed E-state index contributed by atoms with van der Waals surface area (Å²) in [5, 5.41) is 11.6. The fraction of sp³-hybridized carbons (Fsp3) is 0.692. The molecule has 0 aliphatic heterocycles. The Bertz CT molecular complexity index is 603. The number of aryl methyl sites for hydroxylation is 1. The van der Waals surface area contributed by atoms with Crippen molar-refractivity contribution in [3.63, 3.8) is 0 Å². The van der Waals surface area contributed by atoms with Gasteiger partial charge in [0.25, 0.3) is 0 Å². The summed E-state index contributed by atoms with van der Waals surface area (Å²) in [5.41, 5.74) is 0. The summed E-state index contributed by atoms with van der Waals surface area (Å²) in [6, 6.07) is 0. The molecule has 8 heteroatoms. The van der Waals surface area contributed by atoms with Gasteiger partial charge in [-0.1, -0.05) is 32.1 Å². The summed E-state index contributed by atoms with van der Waals surface area (Å²) in [5.74, 6) is 0.392. The first-order chi connectivity index (χ1) is 9.86. The predicted octanol–water partition coefficient (Wildman–Crippen LogP) is 1.37. The third-order valence-electron chi connectivity index (χ3n) is 3.86. The highest BCUT2D eigenvalue weighted by atomic mass is 32.2. The molecule has 1 aliphatic carbocycles. The van der Waals surface area contributed by atoms with Crippen LogP contribution in [0.1, 0.15) is 44.9 Å². The smallest absolute Gasteiger partial charge is 0.243 e. The van der Waals surface area contributed by atoms with Crippen molar-refractivity contribution in [3.05, 3.63) is 6.20 Å². The number of nitrogens with one attached hydrogen (secondary N) is 1. The average molecular weight is 314 g/mol. The fourth-order valence-corrected chi connectivity index (χ4v) is 3.43. The lowest BCUT2D eigenvalue weighted by molar-refractivity contribution is -0.116. The van der Waals surface area contributed by atoms with Gasteiger partial charge < -0.3 is 5.32 Å². The topological polar surface area (TPSA) is 107 Å². The Morgan fingerprint density at radius 2 is 2.10 bits per heavy atom. The molecule has 1 fully saturated rings. The SMILES string of the molecule is Cn1cc(S(N)(=O)=O)c(NC(=O)CCC2CCCCC2)n1. The van der Waals surface area contributed by atoms with E-state index < -0.39 is 10.0 Å². The number of hydrogen-bond donors (Lipinski definition) is 2. The number of hydrogen-bond acceptors (Lipinski definition) is 4. The molecule has 0 atom stereocenters. The van der Waals surface area contributed by atoms with Crippen LogP contribution in [0.15, 0.2) is 11.1 Å². The highest BCUT2D eigenvalue weighted by Crippen LogP contribution is 2.27. The minimum Gasteiger partial charge on any atom is -0.308 e. The molecule has 1 saturated carbocycles. The van der Waals surface area contributed by atoms with Gasteiger partial charge in [-0.25, -0.2) is 13.6 Å². The first kappa shape index (κ1) is 16.0. The van der Waals surface area contributed by atoms with E-state index in [2.05, 4.69) is 10.4 Å². The Morgan fingerprint density at radius 3 is 2.71 bits per heavy atom. The van der Waals surface area contributed by atoms with Crippen molar-refractivity contribution < 1.29 is 13.2 Å². The van der Waals surface area contributed by atoms with Gasteiger partial charge in [0.05, 0.1) is 0 Å². The monoisotopic (exact) mass is 314 g/mol. The van der Waals surface area contributed by atoms with Crippen molar-refractivity contribution in [1.29, 1.82) is 0 Å². The number of nitrogens with zero attached hydrogens (tertiary/aromatic N) is 2. The van der Waals surface area contributed by atoms with E-state index in [1.165, 1.54) is 43.0 Å². The van der Waals surface area contributed by atoms with E-state index in [9.17, 15) is 13.2 Å². The summed E-state index contributed by atoms with van der Waals surface area (Å²) in [6.07, 6.45) is 8.62. The van der Waals surface area contributed by atoms with E-state index in [0.29, 0.717) is 12.3 Å². The van der Waals surface area contributed by atoms with Crippen LogP contribution in [0.2, 0.25) is 0 Å². The third-order valence-corrected chi connectivity index (χ3v) is 4.78. The predicted molar refractivity (Wildman–Crippen MR) is 79.0 cm³/mol. The molecule has 0 spiro atoms. The van der Waals surface area contributed by atoms with Crippen molar-refractivity contribution in [2.45, 2.75) is 49.8 Å². The molecule has 0 saturated heterocycles. The van der Waals surface area contributed by atoms with Crippen molar-refractivity contribution >= 4 is 21.7 Å². The normalized spacial score (nSPS) is 16.9. The van der Waals surface area contributed by atoms with E-state index in [0.717, 1.165) is 6.42 Å². The van der Waals surface area contributed by atoms with E-state index in [-0.39, 0.29) is 16.6 Å². The Kier molecular flexibility index (Phi) is 5.00. The minimum atomic E-state index is -3.89. The first-order valence-corrected chi connectivity index (χ1v) is 8.77. The zero-order valence-electron chi connectivity index (χ0n) is 12.2. The standard InChI is InChI=1S/C13H22N4O3S/c1-17-9-11(21(14,19)20)13(16-17)15-12(18)8-7-10-5-3-2-4-6-10/h9-10H,2-8H2,1H3,(H2,14,19,20)(H,15,16,18). The number of sulfonamides is 1. The van der Waals surface area contributed by atoms with Gasteiger partial charge in [-0.05, 0) is 12.3 Å². The molecule has 2 rings (SSSR count). The Labute approximate surface area is 124 Å². The van der Waals surface area contributed by atoms with Crippen LogP contribution >= 0.6 is 0 Å². The molecule has 1 aromatic heterocycles. The fourth-order valence-electron chi connectivity index (χ4n) is 2.77. The highest BCUT2D eigenvalue weighted by Gasteiger charge is 2.20. The van der Waals surface area contributed by atoms with Crippen molar-refractivity contribution in [3.8, 4) is 0 Å². The molecular weight excluding hydrogens is 292 g/mol. The summed E-state index contributed by atoms with van der Waals surface area (Å²) < 4.78 is 24.2. The Hall–Kier alpha value is -1.41. The summed E-state index contributed by atoms with van der Waals surface area (Å²) >= 11 is 0. The van der Waals surface area contributed by atoms with Gasteiger partial charge in [-0.2, -0.15) is 5.10 Å². The molecular formula is C13H22N4O3S. The molecule has 1 aromatic rings. The number of carbonyl (C=O) groups is 1. The number of carbonyl (C=O) groups excluding carboxylic acids is 1. The number of anilines is 1. The van der Waals surface area contributed by atoms with Crippen molar-refractivity contribution in [2.75, 3.05) is 5.32 Å². The summed E-state index contributed by atoms with van der Waals surface area (Å²) in [7, 11) is -2.32. The Balaban J connectivity index is 1.93. The number of primary sulfonamides is 1. The lowest BCUT2D eigenvalue weighted by Crippen LogP contribution is -2.18. The molecule has 0 bridgehead atoms. The van der Waals surface area contributed by atoms with E-state index in [4.69, 9.17) is 5.14 Å². The van der Waals surface area contributed by atoms with Crippen LogP contribution in [0.5, 0.6) is 0 Å². The van der Waals surface area contributed by atoms with Crippen LogP contribution in [-0.4, -0.2) is 24.1 Å². The molecule has 1 heterocycles. The first-order valence-electron chi connectivity index (χ1n) is 7.22. The van der Waals surface area contributed by atoms with Gasteiger partial charge in [0, 0.05) is 19.7 Å². The Morgan fingerprint density at radius 1 is 1.43 bits per heavy atom. The van der Waals surface area contributed by atoms with Crippen LogP contribution in [0.25, 0.3) is 0 Å². The van der Waals surface area contributed by atoms with Crippen LogP contribution in [0.4, 0.5) is 5.82 Å². The third kappa shape index (κ3) is 4.53. The second kappa shape index (κ2) is 6.57. The van der Waals surface area contributed by atoms with E-state index in [1.807, 2.05) is 0 Å². The van der Waals surface area contributed by atoms with Gasteiger partial charge in [-0.3, -0.25) is 9.48 Å². The molecule has 3 N–H and O–H groups in total. The lowest BCUT2D eigenvalue weighted by atomic mass is 9.86. The van der Waals surface area contributed by atoms with Crippen LogP contribution in [0, 0.1) is 5.92 Å². The number of nitrogens with two attached hydrogens (primary N) is 1. The number of aromatic nitrogens is 2. The summed E-state index contributed by atoms with van der Waals surface area (Å²) in [4.78, 5) is 11.8. The molecule has 1 aliphatic rings. The molecule has 118 valence electrons. The second-order valence-electron chi connectivity index (χ2n) is 5.65. The quantitative estimate of drug-likeness (QED) is 0.855. The van der Waals surface area contributed by atoms with Crippen LogP contribution < -0.4 is 10.5 Å². The van der Waals surface area contributed by atoms with E-state index in [1.54, 1.807) is 7.05 Å². The van der Waals surface area contributed by atoms with Crippen molar-refractivity contribution in [2.24, 2.45) is 18.1 Å². The molecule has 0 radical (unpaired) electrons. The second-order valence-corrected chi connectivity index (χ2v) is 7.18. The largest absolute Gasteiger partial charge is 0.308 e. The molecule has 0 aromatic carbocycles. The molecule has 7 nitrogen and oxygen atoms in total. The summed E-state index contributed by atoms with van der Waals surface area (Å²) in [6.45, 7) is 0. The van der Waals surface area contributed by atoms with Gasteiger partial charge in [0.1, 0.15) is 4.90 Å². The molecule has 1 amide bonds. The number of amides is 1. The zero-order chi connectivity index (χ0) is 15.5. The lowest BCUT2D eigenvalue weighted by Gasteiger charge is -2.20.